The van der Waals surface area contributed by atoms with Gasteiger partial charge < -0.3 is 10.7 Å². The van der Waals surface area contributed by atoms with E-state index in [0.29, 0.717) is 5.69 Å². The lowest BCUT2D eigenvalue weighted by atomic mass is 10.2. The molecule has 3 rings (SSSR count). The van der Waals surface area contributed by atoms with Crippen molar-refractivity contribution in [2.75, 3.05) is 5.73 Å². The third kappa shape index (κ3) is 1.63. The van der Waals surface area contributed by atoms with Crippen LogP contribution in [0.15, 0.2) is 36.5 Å². The van der Waals surface area contributed by atoms with Gasteiger partial charge in [0.1, 0.15) is 11.3 Å². The highest BCUT2D eigenvalue weighted by Crippen LogP contribution is 2.23. The van der Waals surface area contributed by atoms with Gasteiger partial charge in [0, 0.05) is 17.5 Å². The summed E-state index contributed by atoms with van der Waals surface area (Å²) in [5.41, 5.74) is 10.3. The molecule has 0 aliphatic rings. The molecule has 0 radical (unpaired) electrons. The zero-order chi connectivity index (χ0) is 11.8. The Bertz CT molecular complexity index is 667. The summed E-state index contributed by atoms with van der Waals surface area (Å²) < 4.78 is 0. The maximum atomic E-state index is 5.87. The predicted octanol–water partition coefficient (Wildman–Crippen LogP) is 2.52. The second-order valence-electron chi connectivity index (χ2n) is 4.02. The van der Waals surface area contributed by atoms with Crippen LogP contribution in [0.5, 0.6) is 0 Å². The van der Waals surface area contributed by atoms with Gasteiger partial charge in [-0.1, -0.05) is 6.07 Å². The summed E-state index contributed by atoms with van der Waals surface area (Å²) in [7, 11) is 0. The fraction of sp³-hybridized carbons (Fsp3) is 0.0769. The van der Waals surface area contributed by atoms with Gasteiger partial charge >= 0.3 is 0 Å². The Morgan fingerprint density at radius 3 is 2.76 bits per heavy atom. The maximum absolute atomic E-state index is 5.87. The van der Waals surface area contributed by atoms with Crippen LogP contribution in [-0.4, -0.2) is 15.0 Å². The Morgan fingerprint density at radius 2 is 2.06 bits per heavy atom. The summed E-state index contributed by atoms with van der Waals surface area (Å²) in [6.07, 6.45) is 1.81. The SMILES string of the molecule is Cc1ccc(-c2nc3c(N)cccc3[nH]2)cn1. The lowest BCUT2D eigenvalue weighted by molar-refractivity contribution is 1.19. The zero-order valence-electron chi connectivity index (χ0n) is 9.44. The molecule has 0 amide bonds. The van der Waals surface area contributed by atoms with Crippen LogP contribution >= 0.6 is 0 Å². The van der Waals surface area contributed by atoms with Gasteiger partial charge in [-0.2, -0.15) is 0 Å². The first-order chi connectivity index (χ1) is 8.24. The number of nitrogens with two attached hydrogens (primary N) is 1. The fourth-order valence-electron chi connectivity index (χ4n) is 1.80. The molecule has 0 aliphatic heterocycles. The lowest BCUT2D eigenvalue weighted by Crippen LogP contribution is -1.85. The van der Waals surface area contributed by atoms with Crippen molar-refractivity contribution in [3.63, 3.8) is 0 Å². The second-order valence-corrected chi connectivity index (χ2v) is 4.02. The Balaban J connectivity index is 2.18. The van der Waals surface area contributed by atoms with Gasteiger partial charge in [-0.05, 0) is 31.2 Å². The predicted molar refractivity (Wildman–Crippen MR) is 68.5 cm³/mol. The average Bonchev–Trinajstić information content (AvgIpc) is 2.75. The fourth-order valence-corrected chi connectivity index (χ4v) is 1.80. The highest BCUT2D eigenvalue weighted by molar-refractivity contribution is 5.89. The van der Waals surface area contributed by atoms with E-state index < -0.39 is 0 Å². The number of fused-ring (bicyclic) bond motifs is 1. The smallest absolute Gasteiger partial charge is 0.140 e. The third-order valence-corrected chi connectivity index (χ3v) is 2.73. The number of para-hydroxylation sites is 1. The van der Waals surface area contributed by atoms with E-state index in [1.807, 2.05) is 43.5 Å². The summed E-state index contributed by atoms with van der Waals surface area (Å²) >= 11 is 0. The molecule has 0 aliphatic carbocycles. The number of benzene rings is 1. The Kier molecular flexibility index (Phi) is 2.08. The van der Waals surface area contributed by atoms with E-state index in [2.05, 4.69) is 15.0 Å². The minimum absolute atomic E-state index is 0.685. The zero-order valence-corrected chi connectivity index (χ0v) is 9.44. The quantitative estimate of drug-likeness (QED) is 0.624. The third-order valence-electron chi connectivity index (χ3n) is 2.73. The van der Waals surface area contributed by atoms with E-state index in [-0.39, 0.29) is 0 Å². The largest absolute Gasteiger partial charge is 0.397 e. The van der Waals surface area contributed by atoms with Gasteiger partial charge in [0.05, 0.1) is 11.2 Å². The molecule has 4 nitrogen and oxygen atoms in total. The molecule has 0 saturated heterocycles. The molecule has 2 heterocycles. The second kappa shape index (κ2) is 3.59. The number of nitrogens with zero attached hydrogens (tertiary/aromatic N) is 2. The minimum Gasteiger partial charge on any atom is -0.397 e. The van der Waals surface area contributed by atoms with Crippen molar-refractivity contribution in [2.24, 2.45) is 0 Å². The number of hydrogen-bond acceptors (Lipinski definition) is 3. The number of aryl methyl sites for hydroxylation is 1. The number of H-pyrrole nitrogens is 1. The van der Waals surface area contributed by atoms with E-state index >= 15 is 0 Å². The number of nitrogen functional groups attached to an aromatic ring is 1. The summed E-state index contributed by atoms with van der Waals surface area (Å²) in [6.45, 7) is 1.96. The van der Waals surface area contributed by atoms with Crippen molar-refractivity contribution in [1.29, 1.82) is 0 Å². The molecule has 0 saturated carbocycles. The van der Waals surface area contributed by atoms with Crippen molar-refractivity contribution >= 4 is 16.7 Å². The van der Waals surface area contributed by atoms with Crippen LogP contribution in [-0.2, 0) is 0 Å². The molecule has 84 valence electrons. The summed E-state index contributed by atoms with van der Waals surface area (Å²) in [4.78, 5) is 12.0. The standard InChI is InChI=1S/C13H12N4/c1-8-5-6-9(7-15-8)13-16-11-4-2-3-10(14)12(11)17-13/h2-7H,14H2,1H3,(H,16,17). The first-order valence-electron chi connectivity index (χ1n) is 5.41. The van der Waals surface area contributed by atoms with Gasteiger partial charge in [0.2, 0.25) is 0 Å². The lowest BCUT2D eigenvalue weighted by Gasteiger charge is -1.95. The topological polar surface area (TPSA) is 67.6 Å². The molecule has 3 N–H and O–H groups in total. The van der Waals surface area contributed by atoms with Gasteiger partial charge in [0.25, 0.3) is 0 Å². The molecule has 2 aromatic heterocycles. The van der Waals surface area contributed by atoms with Crippen LogP contribution in [0.1, 0.15) is 5.69 Å². The molecule has 1 aromatic carbocycles. The van der Waals surface area contributed by atoms with E-state index in [1.165, 1.54) is 0 Å². The van der Waals surface area contributed by atoms with Crippen LogP contribution < -0.4 is 5.73 Å². The van der Waals surface area contributed by atoms with Crippen LogP contribution in [0.3, 0.4) is 0 Å². The van der Waals surface area contributed by atoms with Crippen molar-refractivity contribution < 1.29 is 0 Å². The number of rotatable bonds is 1. The molecular formula is C13H12N4. The van der Waals surface area contributed by atoms with Crippen molar-refractivity contribution in [1.82, 2.24) is 15.0 Å². The normalized spacial score (nSPS) is 10.9. The molecule has 3 aromatic rings. The minimum atomic E-state index is 0.685. The van der Waals surface area contributed by atoms with E-state index in [1.54, 1.807) is 0 Å². The average molecular weight is 224 g/mol. The first kappa shape index (κ1) is 9.84. The van der Waals surface area contributed by atoms with Crippen molar-refractivity contribution in [2.45, 2.75) is 6.92 Å². The van der Waals surface area contributed by atoms with Crippen LogP contribution in [0.4, 0.5) is 5.69 Å². The summed E-state index contributed by atoms with van der Waals surface area (Å²) in [5.74, 6) is 0.797. The molecular weight excluding hydrogens is 212 g/mol. The number of pyridine rings is 1. The van der Waals surface area contributed by atoms with Crippen molar-refractivity contribution in [3.8, 4) is 11.4 Å². The Hall–Kier alpha value is -2.36. The Morgan fingerprint density at radius 1 is 1.18 bits per heavy atom. The highest BCUT2D eigenvalue weighted by atomic mass is 14.9. The molecule has 0 atom stereocenters. The van der Waals surface area contributed by atoms with Gasteiger partial charge in [-0.3, -0.25) is 4.98 Å². The van der Waals surface area contributed by atoms with E-state index in [0.717, 1.165) is 28.1 Å². The van der Waals surface area contributed by atoms with Crippen molar-refractivity contribution in [3.05, 3.63) is 42.2 Å². The molecule has 0 fully saturated rings. The molecule has 0 unspecified atom stereocenters. The molecule has 0 spiro atoms. The maximum Gasteiger partial charge on any atom is 0.140 e. The number of aromatic amines is 1. The summed E-state index contributed by atoms with van der Waals surface area (Å²) in [6, 6.07) is 9.68. The molecule has 4 heteroatoms. The number of nitrogens with one attached hydrogen (secondary N) is 1. The van der Waals surface area contributed by atoms with Crippen LogP contribution in [0.25, 0.3) is 22.4 Å². The number of aromatic nitrogens is 3. The first-order valence-corrected chi connectivity index (χ1v) is 5.41. The molecule has 17 heavy (non-hydrogen) atoms. The number of anilines is 1. The van der Waals surface area contributed by atoms with Gasteiger partial charge in [0.15, 0.2) is 0 Å². The van der Waals surface area contributed by atoms with E-state index in [9.17, 15) is 0 Å². The number of hydrogen-bond donors (Lipinski definition) is 2. The summed E-state index contributed by atoms with van der Waals surface area (Å²) in [5, 5.41) is 0. The monoisotopic (exact) mass is 224 g/mol. The van der Waals surface area contributed by atoms with Crippen LogP contribution in [0.2, 0.25) is 0 Å². The Labute approximate surface area is 98.5 Å². The number of imidazole rings is 1. The van der Waals surface area contributed by atoms with Gasteiger partial charge in [-0.25, -0.2) is 4.98 Å². The highest BCUT2D eigenvalue weighted by Gasteiger charge is 2.07. The van der Waals surface area contributed by atoms with Gasteiger partial charge in [-0.15, -0.1) is 0 Å². The van der Waals surface area contributed by atoms with E-state index in [4.69, 9.17) is 5.73 Å². The molecule has 0 bridgehead atoms. The van der Waals surface area contributed by atoms with Crippen LogP contribution in [0, 0.1) is 6.92 Å².